The first-order valence-corrected chi connectivity index (χ1v) is 13.7. The molecular weight excluding hydrogens is 432 g/mol. The second-order valence-corrected chi connectivity index (χ2v) is 10.6. The van der Waals surface area contributed by atoms with E-state index in [1.165, 1.54) is 90.7 Å². The Morgan fingerprint density at radius 3 is 1.03 bits per heavy atom. The minimum atomic E-state index is 1.16. The van der Waals surface area contributed by atoms with Crippen LogP contribution in [0.3, 0.4) is 0 Å². The maximum atomic E-state index is 2.38. The first kappa shape index (κ1) is 26.0. The van der Waals surface area contributed by atoms with Gasteiger partial charge in [-0.3, -0.25) is 0 Å². The van der Waals surface area contributed by atoms with Crippen LogP contribution < -0.4 is 0 Å². The lowest BCUT2D eigenvalue weighted by Gasteiger charge is -2.17. The third kappa shape index (κ3) is 4.92. The van der Waals surface area contributed by atoms with Crippen molar-refractivity contribution >= 4 is 0 Å². The number of hydrogen-bond acceptors (Lipinski definition) is 0. The van der Waals surface area contributed by atoms with E-state index in [2.05, 4.69) is 116 Å². The first-order chi connectivity index (χ1) is 17.3. The van der Waals surface area contributed by atoms with E-state index in [1.807, 2.05) is 0 Å². The quantitative estimate of drug-likeness (QED) is 0.250. The Morgan fingerprint density at radius 1 is 0.417 bits per heavy atom. The standard InChI is InChI=1S/C36H42/c1-9-11-33-23(3)21-35(27(7)25(33)5)31-17-13-29(14-18-31)30-15-19-32(20-16-30)36-22-24(4)34(12-10-2)26(6)28(36)8/h13-22H,9-12H2,1-8H3. The highest BCUT2D eigenvalue weighted by Gasteiger charge is 2.13. The highest BCUT2D eigenvalue weighted by molar-refractivity contribution is 5.77. The van der Waals surface area contributed by atoms with Gasteiger partial charge in [-0.15, -0.1) is 0 Å². The number of aryl methyl sites for hydroxylation is 2. The van der Waals surface area contributed by atoms with Gasteiger partial charge in [-0.05, 0) is 132 Å². The van der Waals surface area contributed by atoms with Crippen molar-refractivity contribution in [3.63, 3.8) is 0 Å². The molecule has 4 rings (SSSR count). The zero-order chi connectivity index (χ0) is 26.0. The monoisotopic (exact) mass is 474 g/mol. The van der Waals surface area contributed by atoms with Gasteiger partial charge in [-0.2, -0.15) is 0 Å². The van der Waals surface area contributed by atoms with E-state index >= 15 is 0 Å². The minimum Gasteiger partial charge on any atom is -0.0651 e. The lowest BCUT2D eigenvalue weighted by atomic mass is 9.87. The van der Waals surface area contributed by atoms with Crippen LogP contribution in [-0.4, -0.2) is 0 Å². The van der Waals surface area contributed by atoms with Crippen molar-refractivity contribution < 1.29 is 0 Å². The van der Waals surface area contributed by atoms with Crippen molar-refractivity contribution in [3.8, 4) is 33.4 Å². The fourth-order valence-electron chi connectivity index (χ4n) is 5.83. The van der Waals surface area contributed by atoms with Gasteiger partial charge in [-0.1, -0.05) is 87.4 Å². The number of benzene rings is 4. The normalized spacial score (nSPS) is 11.2. The van der Waals surface area contributed by atoms with Gasteiger partial charge < -0.3 is 0 Å². The van der Waals surface area contributed by atoms with Gasteiger partial charge in [0.2, 0.25) is 0 Å². The summed E-state index contributed by atoms with van der Waals surface area (Å²) in [6.07, 6.45) is 4.71. The van der Waals surface area contributed by atoms with Gasteiger partial charge in [-0.25, -0.2) is 0 Å². The van der Waals surface area contributed by atoms with E-state index in [1.54, 1.807) is 0 Å². The van der Waals surface area contributed by atoms with Crippen LogP contribution in [-0.2, 0) is 12.8 Å². The average Bonchev–Trinajstić information content (AvgIpc) is 2.89. The van der Waals surface area contributed by atoms with Gasteiger partial charge in [0.1, 0.15) is 0 Å². The number of hydrogen-bond donors (Lipinski definition) is 0. The molecule has 0 aromatic heterocycles. The molecule has 0 radical (unpaired) electrons. The third-order valence-electron chi connectivity index (χ3n) is 8.24. The fraction of sp³-hybridized carbons (Fsp3) is 0.333. The van der Waals surface area contributed by atoms with Gasteiger partial charge >= 0.3 is 0 Å². The molecule has 0 saturated carbocycles. The Labute approximate surface area is 219 Å². The summed E-state index contributed by atoms with van der Waals surface area (Å²) >= 11 is 0. The summed E-state index contributed by atoms with van der Waals surface area (Å²) in [4.78, 5) is 0. The predicted octanol–water partition coefficient (Wildman–Crippen LogP) is 10.4. The van der Waals surface area contributed by atoms with Crippen LogP contribution in [0.15, 0.2) is 60.7 Å². The summed E-state index contributed by atoms with van der Waals surface area (Å²) in [7, 11) is 0. The summed E-state index contributed by atoms with van der Waals surface area (Å²) < 4.78 is 0. The fourth-order valence-corrected chi connectivity index (χ4v) is 5.83. The lowest BCUT2D eigenvalue weighted by molar-refractivity contribution is 0.900. The van der Waals surface area contributed by atoms with Gasteiger partial charge in [0, 0.05) is 0 Å². The molecule has 0 nitrogen and oxygen atoms in total. The molecule has 0 aliphatic carbocycles. The second-order valence-electron chi connectivity index (χ2n) is 10.6. The molecule has 0 fully saturated rings. The molecule has 0 heteroatoms. The maximum Gasteiger partial charge on any atom is -0.0149 e. The summed E-state index contributed by atoms with van der Waals surface area (Å²) in [5, 5.41) is 0. The van der Waals surface area contributed by atoms with E-state index in [9.17, 15) is 0 Å². The largest absolute Gasteiger partial charge is 0.0651 e. The second kappa shape index (κ2) is 10.9. The topological polar surface area (TPSA) is 0 Å². The van der Waals surface area contributed by atoms with Crippen molar-refractivity contribution in [2.75, 3.05) is 0 Å². The molecule has 186 valence electrons. The molecule has 0 unspecified atom stereocenters. The van der Waals surface area contributed by atoms with Crippen LogP contribution in [0, 0.1) is 41.5 Å². The SMILES string of the molecule is CCCc1c(C)cc(-c2ccc(-c3ccc(-c4cc(C)c(CCC)c(C)c4C)cc3)cc2)c(C)c1C. The Kier molecular flexibility index (Phi) is 7.84. The van der Waals surface area contributed by atoms with Crippen molar-refractivity contribution in [2.45, 2.75) is 81.1 Å². The molecule has 0 heterocycles. The Morgan fingerprint density at radius 2 is 0.722 bits per heavy atom. The van der Waals surface area contributed by atoms with Crippen LogP contribution in [0.2, 0.25) is 0 Å². The molecule has 0 spiro atoms. The van der Waals surface area contributed by atoms with Crippen LogP contribution in [0.1, 0.15) is 71.2 Å². The zero-order valence-electron chi connectivity index (χ0n) is 23.6. The lowest BCUT2D eigenvalue weighted by Crippen LogP contribution is -1.99. The van der Waals surface area contributed by atoms with Gasteiger partial charge in [0.05, 0.1) is 0 Å². The van der Waals surface area contributed by atoms with Crippen molar-refractivity contribution in [2.24, 2.45) is 0 Å². The maximum absolute atomic E-state index is 2.38. The minimum absolute atomic E-state index is 1.16. The van der Waals surface area contributed by atoms with Crippen LogP contribution >= 0.6 is 0 Å². The van der Waals surface area contributed by atoms with Crippen molar-refractivity contribution in [1.82, 2.24) is 0 Å². The molecule has 0 atom stereocenters. The summed E-state index contributed by atoms with van der Waals surface area (Å²) in [5.41, 5.74) is 19.5. The zero-order valence-corrected chi connectivity index (χ0v) is 23.6. The Bertz CT molecular complexity index is 1260. The Balaban J connectivity index is 1.62. The molecular formula is C36H42. The third-order valence-corrected chi connectivity index (χ3v) is 8.24. The highest BCUT2D eigenvalue weighted by atomic mass is 14.2. The van der Waals surface area contributed by atoms with Crippen LogP contribution in [0.4, 0.5) is 0 Å². The van der Waals surface area contributed by atoms with Gasteiger partial charge in [0.25, 0.3) is 0 Å². The van der Waals surface area contributed by atoms with E-state index < -0.39 is 0 Å². The predicted molar refractivity (Wildman–Crippen MR) is 159 cm³/mol. The molecule has 0 bridgehead atoms. The molecule has 0 aliphatic heterocycles. The molecule has 0 N–H and O–H groups in total. The van der Waals surface area contributed by atoms with E-state index in [-0.39, 0.29) is 0 Å². The van der Waals surface area contributed by atoms with E-state index in [4.69, 9.17) is 0 Å². The molecule has 0 aliphatic rings. The molecule has 0 amide bonds. The molecule has 4 aromatic carbocycles. The molecule has 36 heavy (non-hydrogen) atoms. The van der Waals surface area contributed by atoms with Crippen molar-refractivity contribution in [3.05, 3.63) is 105 Å². The van der Waals surface area contributed by atoms with E-state index in [0.29, 0.717) is 0 Å². The average molecular weight is 475 g/mol. The van der Waals surface area contributed by atoms with Crippen LogP contribution in [0.25, 0.3) is 33.4 Å². The molecule has 4 aromatic rings. The van der Waals surface area contributed by atoms with E-state index in [0.717, 1.165) is 12.8 Å². The van der Waals surface area contributed by atoms with Crippen molar-refractivity contribution in [1.29, 1.82) is 0 Å². The first-order valence-electron chi connectivity index (χ1n) is 13.7. The summed E-state index contributed by atoms with van der Waals surface area (Å²) in [6.45, 7) is 18.2. The Hall–Kier alpha value is -3.12. The summed E-state index contributed by atoms with van der Waals surface area (Å²) in [6, 6.07) is 23.0. The highest BCUT2D eigenvalue weighted by Crippen LogP contribution is 2.34. The van der Waals surface area contributed by atoms with Crippen LogP contribution in [0.5, 0.6) is 0 Å². The van der Waals surface area contributed by atoms with Gasteiger partial charge in [0.15, 0.2) is 0 Å². The smallest absolute Gasteiger partial charge is 0.0149 e. The number of rotatable bonds is 7. The molecule has 0 saturated heterocycles. The summed E-state index contributed by atoms with van der Waals surface area (Å²) in [5.74, 6) is 0.